The maximum Gasteiger partial charge on any atom is 0.241 e. The largest absolute Gasteiger partial charge is 0.356 e. The van der Waals surface area contributed by atoms with Crippen LogP contribution in [0.1, 0.15) is 44.9 Å². The van der Waals surface area contributed by atoms with Gasteiger partial charge >= 0.3 is 0 Å². The number of rotatable bonds is 8. The average Bonchev–Trinajstić information content (AvgIpc) is 3.14. The summed E-state index contributed by atoms with van der Waals surface area (Å²) in [5, 5.41) is 7.03. The Morgan fingerprint density at radius 3 is 2.93 bits per heavy atom. The maximum absolute atomic E-state index is 13.0. The van der Waals surface area contributed by atoms with Gasteiger partial charge in [-0.25, -0.2) is 4.39 Å². The molecule has 1 unspecified atom stereocenters. The van der Waals surface area contributed by atoms with Gasteiger partial charge in [-0.1, -0.05) is 24.9 Å². The van der Waals surface area contributed by atoms with Crippen LogP contribution in [0.4, 0.5) is 4.39 Å². The Morgan fingerprint density at radius 2 is 2.15 bits per heavy atom. The quantitative estimate of drug-likeness (QED) is 0.717. The molecule has 3 rings (SSSR count). The topological polar surface area (TPSA) is 71.3 Å². The van der Waals surface area contributed by atoms with Gasteiger partial charge in [0.25, 0.3) is 0 Å². The highest BCUT2D eigenvalue weighted by Gasteiger charge is 2.26. The Balaban J connectivity index is 1.52. The minimum absolute atomic E-state index is 0.0138. The van der Waals surface area contributed by atoms with Crippen molar-refractivity contribution in [2.24, 2.45) is 5.92 Å². The predicted octanol–water partition coefficient (Wildman–Crippen LogP) is 3.39. The van der Waals surface area contributed by atoms with E-state index in [-0.39, 0.29) is 17.6 Å². The molecule has 1 amide bonds. The predicted molar refractivity (Wildman–Crippen MR) is 100 cm³/mol. The molecule has 1 aromatic carbocycles. The lowest BCUT2D eigenvalue weighted by Crippen LogP contribution is -2.42. The first-order chi connectivity index (χ1) is 13.2. The molecular formula is C20H27FN4O2. The second-order valence-electron chi connectivity index (χ2n) is 7.09. The number of carbonyl (C=O) groups excluding carboxylic acids is 1. The van der Waals surface area contributed by atoms with Crippen molar-refractivity contribution in [1.29, 1.82) is 0 Å². The molecule has 1 aliphatic rings. The highest BCUT2D eigenvalue weighted by molar-refractivity contribution is 5.78. The molecule has 1 saturated heterocycles. The number of nitrogens with one attached hydrogen (secondary N) is 1. The molecule has 0 aliphatic carbocycles. The average molecular weight is 374 g/mol. The Hall–Kier alpha value is -2.28. The number of halogens is 1. The summed E-state index contributed by atoms with van der Waals surface area (Å²) >= 11 is 0. The van der Waals surface area contributed by atoms with Crippen molar-refractivity contribution in [3.05, 3.63) is 36.0 Å². The molecule has 1 atom stereocenters. The van der Waals surface area contributed by atoms with Crippen LogP contribution in [0.25, 0.3) is 11.4 Å². The van der Waals surface area contributed by atoms with Crippen LogP contribution in [-0.2, 0) is 11.3 Å². The maximum atomic E-state index is 13.0. The Kier molecular flexibility index (Phi) is 6.92. The Labute approximate surface area is 159 Å². The minimum Gasteiger partial charge on any atom is -0.356 e. The molecule has 27 heavy (non-hydrogen) atoms. The van der Waals surface area contributed by atoms with E-state index < -0.39 is 0 Å². The summed E-state index contributed by atoms with van der Waals surface area (Å²) in [6.45, 7) is 5.04. The van der Waals surface area contributed by atoms with Crippen molar-refractivity contribution in [2.75, 3.05) is 19.6 Å². The summed E-state index contributed by atoms with van der Waals surface area (Å²) in [5.74, 6) is 0.827. The second-order valence-corrected chi connectivity index (χ2v) is 7.09. The number of piperidine rings is 1. The van der Waals surface area contributed by atoms with Crippen molar-refractivity contribution < 1.29 is 13.7 Å². The Bertz CT molecular complexity index is 732. The molecule has 6 nitrogen and oxygen atoms in total. The Morgan fingerprint density at radius 1 is 1.33 bits per heavy atom. The zero-order chi connectivity index (χ0) is 19.1. The molecule has 146 valence electrons. The van der Waals surface area contributed by atoms with Crippen molar-refractivity contribution in [1.82, 2.24) is 20.4 Å². The van der Waals surface area contributed by atoms with E-state index in [9.17, 15) is 9.18 Å². The summed E-state index contributed by atoms with van der Waals surface area (Å²) in [7, 11) is 0. The molecule has 1 aromatic heterocycles. The number of hydrogen-bond donors (Lipinski definition) is 1. The van der Waals surface area contributed by atoms with Gasteiger partial charge in [-0.2, -0.15) is 4.98 Å². The highest BCUT2D eigenvalue weighted by Crippen LogP contribution is 2.20. The monoisotopic (exact) mass is 374 g/mol. The summed E-state index contributed by atoms with van der Waals surface area (Å²) in [6.07, 6.45) is 5.22. The van der Waals surface area contributed by atoms with Gasteiger partial charge in [-0.05, 0) is 50.1 Å². The summed E-state index contributed by atoms with van der Waals surface area (Å²) in [6, 6.07) is 6.01. The smallest absolute Gasteiger partial charge is 0.241 e. The van der Waals surface area contributed by atoms with E-state index in [0.29, 0.717) is 24.8 Å². The lowest BCUT2D eigenvalue weighted by molar-refractivity contribution is -0.126. The van der Waals surface area contributed by atoms with Crippen LogP contribution in [0.5, 0.6) is 0 Å². The number of nitrogens with zero attached hydrogens (tertiary/aromatic N) is 3. The van der Waals surface area contributed by atoms with Gasteiger partial charge < -0.3 is 9.84 Å². The minimum atomic E-state index is -0.296. The molecule has 0 saturated carbocycles. The number of aromatic nitrogens is 2. The van der Waals surface area contributed by atoms with E-state index in [1.54, 1.807) is 12.1 Å². The second kappa shape index (κ2) is 9.60. The lowest BCUT2D eigenvalue weighted by Gasteiger charge is -2.30. The standard InChI is InChI=1S/C20H27FN4O2/c1-2-3-4-11-22-20(26)16-6-5-12-25(13-16)14-18-23-19(24-27-18)15-7-9-17(21)10-8-15/h7-10,16H,2-6,11-14H2,1H3,(H,22,26). The zero-order valence-corrected chi connectivity index (χ0v) is 15.8. The van der Waals surface area contributed by atoms with Crippen LogP contribution in [0, 0.1) is 11.7 Å². The number of amides is 1. The van der Waals surface area contributed by atoms with Crippen molar-refractivity contribution >= 4 is 5.91 Å². The van der Waals surface area contributed by atoms with Gasteiger partial charge in [-0.3, -0.25) is 9.69 Å². The van der Waals surface area contributed by atoms with Crippen LogP contribution >= 0.6 is 0 Å². The lowest BCUT2D eigenvalue weighted by atomic mass is 9.97. The number of hydrogen-bond acceptors (Lipinski definition) is 5. The highest BCUT2D eigenvalue weighted by atomic mass is 19.1. The van der Waals surface area contributed by atoms with E-state index in [0.717, 1.165) is 50.8 Å². The number of carbonyl (C=O) groups is 1. The molecule has 1 fully saturated rings. The molecule has 1 N–H and O–H groups in total. The first-order valence-corrected chi connectivity index (χ1v) is 9.74. The first-order valence-electron chi connectivity index (χ1n) is 9.74. The van der Waals surface area contributed by atoms with Crippen LogP contribution in [-0.4, -0.2) is 40.6 Å². The third kappa shape index (κ3) is 5.60. The first kappa shape index (κ1) is 19.5. The van der Waals surface area contributed by atoms with Gasteiger partial charge in [0.05, 0.1) is 12.5 Å². The fraction of sp³-hybridized carbons (Fsp3) is 0.550. The van der Waals surface area contributed by atoms with Gasteiger partial charge in [0.1, 0.15) is 5.82 Å². The van der Waals surface area contributed by atoms with E-state index in [2.05, 4.69) is 27.3 Å². The molecule has 7 heteroatoms. The van der Waals surface area contributed by atoms with Crippen molar-refractivity contribution in [3.8, 4) is 11.4 Å². The summed E-state index contributed by atoms with van der Waals surface area (Å²) < 4.78 is 18.4. The van der Waals surface area contributed by atoms with Crippen LogP contribution in [0.15, 0.2) is 28.8 Å². The molecule has 0 bridgehead atoms. The molecule has 1 aliphatic heterocycles. The van der Waals surface area contributed by atoms with Crippen molar-refractivity contribution in [2.45, 2.75) is 45.6 Å². The third-order valence-electron chi connectivity index (χ3n) is 4.89. The van der Waals surface area contributed by atoms with Gasteiger partial charge in [0.15, 0.2) is 0 Å². The summed E-state index contributed by atoms with van der Waals surface area (Å²) in [5.41, 5.74) is 0.717. The fourth-order valence-corrected chi connectivity index (χ4v) is 3.37. The van der Waals surface area contributed by atoms with Gasteiger partial charge in [0, 0.05) is 18.7 Å². The van der Waals surface area contributed by atoms with Crippen molar-refractivity contribution in [3.63, 3.8) is 0 Å². The molecule has 0 radical (unpaired) electrons. The van der Waals surface area contributed by atoms with E-state index in [4.69, 9.17) is 4.52 Å². The van der Waals surface area contributed by atoms with Crippen LogP contribution < -0.4 is 5.32 Å². The van der Waals surface area contributed by atoms with E-state index in [1.165, 1.54) is 12.1 Å². The molecular weight excluding hydrogens is 347 g/mol. The number of likely N-dealkylation sites (tertiary alicyclic amines) is 1. The summed E-state index contributed by atoms with van der Waals surface area (Å²) in [4.78, 5) is 18.9. The molecule has 2 heterocycles. The molecule has 2 aromatic rings. The van der Waals surface area contributed by atoms with Crippen LogP contribution in [0.3, 0.4) is 0 Å². The van der Waals surface area contributed by atoms with Gasteiger partial charge in [-0.15, -0.1) is 0 Å². The third-order valence-corrected chi connectivity index (χ3v) is 4.89. The van der Waals surface area contributed by atoms with Crippen LogP contribution in [0.2, 0.25) is 0 Å². The normalized spacial score (nSPS) is 17.8. The zero-order valence-electron chi connectivity index (χ0n) is 15.8. The van der Waals surface area contributed by atoms with E-state index >= 15 is 0 Å². The van der Waals surface area contributed by atoms with E-state index in [1.807, 2.05) is 0 Å². The fourth-order valence-electron chi connectivity index (χ4n) is 3.37. The number of unbranched alkanes of at least 4 members (excludes halogenated alkanes) is 2. The SMILES string of the molecule is CCCCCNC(=O)C1CCCN(Cc2nc(-c3ccc(F)cc3)no2)C1. The van der Waals surface area contributed by atoms with Gasteiger partial charge in [0.2, 0.25) is 17.6 Å². The molecule has 0 spiro atoms. The number of benzene rings is 1.